The lowest BCUT2D eigenvalue weighted by atomic mass is 10.2. The van der Waals surface area contributed by atoms with Crippen LogP contribution in [0, 0.1) is 12.7 Å². The van der Waals surface area contributed by atoms with Crippen molar-refractivity contribution in [1.82, 2.24) is 4.57 Å². The molecule has 130 valence electrons. The summed E-state index contributed by atoms with van der Waals surface area (Å²) in [4.78, 5) is 16.4. The van der Waals surface area contributed by atoms with Gasteiger partial charge >= 0.3 is 0 Å². The predicted octanol–water partition coefficient (Wildman–Crippen LogP) is 2.59. The Bertz CT molecular complexity index is 1130. The first-order chi connectivity index (χ1) is 11.8. The van der Waals surface area contributed by atoms with E-state index < -0.39 is 27.3 Å². The van der Waals surface area contributed by atoms with Crippen molar-refractivity contribution < 1.29 is 17.6 Å². The van der Waals surface area contributed by atoms with Gasteiger partial charge in [0.15, 0.2) is 14.6 Å². The largest absolute Gasteiger partial charge is 0.319 e. The quantitative estimate of drug-likeness (QED) is 0.658. The number of carbonyl (C=O) groups is 1. The number of hydrogen-bond acceptors (Lipinski definition) is 4. The van der Waals surface area contributed by atoms with E-state index in [1.54, 1.807) is 11.6 Å². The van der Waals surface area contributed by atoms with Crippen LogP contribution in [-0.4, -0.2) is 24.6 Å². The fourth-order valence-electron chi connectivity index (χ4n) is 2.53. The van der Waals surface area contributed by atoms with Crippen molar-refractivity contribution in [3.63, 3.8) is 0 Å². The summed E-state index contributed by atoms with van der Waals surface area (Å²) in [6.07, 6.45) is 0. The number of halogens is 1. The van der Waals surface area contributed by atoms with Crippen molar-refractivity contribution in [3.05, 3.63) is 58.6 Å². The molecule has 0 spiro atoms. The van der Waals surface area contributed by atoms with E-state index in [2.05, 4.69) is 4.99 Å². The van der Waals surface area contributed by atoms with Crippen LogP contribution in [0.2, 0.25) is 0 Å². The molecule has 0 aliphatic rings. The minimum absolute atomic E-state index is 0.103. The van der Waals surface area contributed by atoms with Crippen LogP contribution in [0.4, 0.5) is 4.39 Å². The van der Waals surface area contributed by atoms with Crippen LogP contribution in [-0.2, 0) is 21.7 Å². The van der Waals surface area contributed by atoms with Crippen LogP contribution in [0.5, 0.6) is 0 Å². The lowest BCUT2D eigenvalue weighted by Crippen LogP contribution is -2.19. The van der Waals surface area contributed by atoms with E-state index in [9.17, 15) is 17.6 Å². The second-order valence-corrected chi connectivity index (χ2v) is 8.58. The van der Waals surface area contributed by atoms with Crippen LogP contribution in [0.25, 0.3) is 10.2 Å². The molecule has 0 saturated heterocycles. The molecule has 0 unspecified atom stereocenters. The molecule has 0 radical (unpaired) electrons. The Morgan fingerprint density at radius 2 is 1.88 bits per heavy atom. The van der Waals surface area contributed by atoms with E-state index >= 15 is 0 Å². The van der Waals surface area contributed by atoms with E-state index in [1.807, 2.05) is 25.1 Å². The van der Waals surface area contributed by atoms with Gasteiger partial charge in [0, 0.05) is 7.05 Å². The number of benzene rings is 2. The van der Waals surface area contributed by atoms with Crippen LogP contribution in [0.15, 0.2) is 52.4 Å². The Hall–Kier alpha value is -2.32. The minimum atomic E-state index is -3.86. The zero-order valence-corrected chi connectivity index (χ0v) is 15.2. The summed E-state index contributed by atoms with van der Waals surface area (Å²) < 4.78 is 40.2. The molecule has 0 bridgehead atoms. The maximum atomic E-state index is 12.9. The molecule has 0 saturated carbocycles. The molecule has 2 aromatic carbocycles. The first-order valence-electron chi connectivity index (χ1n) is 7.39. The molecule has 25 heavy (non-hydrogen) atoms. The Morgan fingerprint density at radius 3 is 2.52 bits per heavy atom. The zero-order chi connectivity index (χ0) is 18.2. The molecule has 0 aliphatic carbocycles. The summed E-state index contributed by atoms with van der Waals surface area (Å²) in [6, 6.07) is 10.2. The summed E-state index contributed by atoms with van der Waals surface area (Å²) in [6.45, 7) is 1.96. The number of aromatic nitrogens is 1. The Morgan fingerprint density at radius 1 is 1.20 bits per heavy atom. The van der Waals surface area contributed by atoms with Crippen molar-refractivity contribution >= 4 is 37.3 Å². The third kappa shape index (κ3) is 3.54. The average molecular weight is 378 g/mol. The maximum Gasteiger partial charge on any atom is 0.263 e. The van der Waals surface area contributed by atoms with Crippen LogP contribution in [0.1, 0.15) is 5.56 Å². The van der Waals surface area contributed by atoms with Gasteiger partial charge in [-0.2, -0.15) is 4.99 Å². The van der Waals surface area contributed by atoms with E-state index in [4.69, 9.17) is 0 Å². The van der Waals surface area contributed by atoms with Crippen molar-refractivity contribution in [2.75, 3.05) is 5.75 Å². The van der Waals surface area contributed by atoms with Gasteiger partial charge in [-0.1, -0.05) is 23.5 Å². The smallest absolute Gasteiger partial charge is 0.263 e. The molecule has 3 rings (SSSR count). The Balaban J connectivity index is 1.94. The van der Waals surface area contributed by atoms with Crippen LogP contribution < -0.4 is 4.80 Å². The fourth-order valence-corrected chi connectivity index (χ4v) is 4.75. The highest BCUT2D eigenvalue weighted by Crippen LogP contribution is 2.19. The number of fused-ring (bicyclic) bond motifs is 1. The number of thiazole rings is 1. The van der Waals surface area contributed by atoms with E-state index in [0.717, 1.165) is 40.0 Å². The summed E-state index contributed by atoms with van der Waals surface area (Å²) in [5, 5.41) is 0. The molecule has 3 aromatic rings. The molecular weight excluding hydrogens is 363 g/mol. The van der Waals surface area contributed by atoms with E-state index in [-0.39, 0.29) is 4.90 Å². The zero-order valence-electron chi connectivity index (χ0n) is 13.6. The lowest BCUT2D eigenvalue weighted by molar-refractivity contribution is -0.115. The standard InChI is InChI=1S/C17H15FN2O3S2/c1-11-4-3-5-14-16(11)20(2)17(24-14)19-15(21)10-25(22,23)13-8-6-12(18)7-9-13/h3-9H,10H2,1-2H3. The normalized spacial score (nSPS) is 12.7. The topological polar surface area (TPSA) is 68.5 Å². The van der Waals surface area contributed by atoms with Gasteiger partial charge in [0.2, 0.25) is 0 Å². The molecular formula is C17H15FN2O3S2. The Labute approximate surface area is 148 Å². The number of carbonyl (C=O) groups excluding carboxylic acids is 1. The molecule has 5 nitrogen and oxygen atoms in total. The highest BCUT2D eigenvalue weighted by atomic mass is 32.2. The second kappa shape index (κ2) is 6.53. The average Bonchev–Trinajstić information content (AvgIpc) is 2.84. The third-order valence-corrected chi connectivity index (χ3v) is 6.45. The van der Waals surface area contributed by atoms with Gasteiger partial charge in [-0.15, -0.1) is 0 Å². The summed E-state index contributed by atoms with van der Waals surface area (Å²) >= 11 is 1.32. The number of hydrogen-bond donors (Lipinski definition) is 0. The van der Waals surface area contributed by atoms with Crippen LogP contribution >= 0.6 is 11.3 Å². The Kier molecular flexibility index (Phi) is 4.57. The SMILES string of the molecule is Cc1cccc2sc(=NC(=O)CS(=O)(=O)c3ccc(F)cc3)n(C)c12. The number of amides is 1. The van der Waals surface area contributed by atoms with Gasteiger partial charge in [0.1, 0.15) is 11.6 Å². The van der Waals surface area contributed by atoms with Gasteiger partial charge < -0.3 is 4.57 Å². The number of rotatable bonds is 3. The first-order valence-corrected chi connectivity index (χ1v) is 9.86. The third-order valence-electron chi connectivity index (χ3n) is 3.73. The van der Waals surface area contributed by atoms with Crippen molar-refractivity contribution in [3.8, 4) is 0 Å². The van der Waals surface area contributed by atoms with E-state index in [0.29, 0.717) is 4.80 Å². The first kappa shape index (κ1) is 17.5. The highest BCUT2D eigenvalue weighted by Gasteiger charge is 2.19. The maximum absolute atomic E-state index is 12.9. The number of aryl methyl sites for hydroxylation is 2. The molecule has 1 aromatic heterocycles. The highest BCUT2D eigenvalue weighted by molar-refractivity contribution is 7.92. The summed E-state index contributed by atoms with van der Waals surface area (Å²) in [5.41, 5.74) is 2.00. The molecule has 0 aliphatic heterocycles. The molecule has 8 heteroatoms. The fraction of sp³-hybridized carbons (Fsp3) is 0.176. The molecule has 0 fully saturated rings. The van der Waals surface area contributed by atoms with Crippen LogP contribution in [0.3, 0.4) is 0 Å². The van der Waals surface area contributed by atoms with E-state index in [1.165, 1.54) is 11.3 Å². The lowest BCUT2D eigenvalue weighted by Gasteiger charge is -2.01. The number of nitrogens with zero attached hydrogens (tertiary/aromatic N) is 2. The predicted molar refractivity (Wildman–Crippen MR) is 94.6 cm³/mol. The monoisotopic (exact) mass is 378 g/mol. The summed E-state index contributed by atoms with van der Waals surface area (Å²) in [5.74, 6) is -2.06. The van der Waals surface area contributed by atoms with Crippen molar-refractivity contribution in [2.45, 2.75) is 11.8 Å². The van der Waals surface area contributed by atoms with Gasteiger partial charge in [-0.05, 0) is 42.8 Å². The summed E-state index contributed by atoms with van der Waals surface area (Å²) in [7, 11) is -2.08. The van der Waals surface area contributed by atoms with Crippen molar-refractivity contribution in [1.29, 1.82) is 0 Å². The molecule has 1 amide bonds. The molecule has 1 heterocycles. The van der Waals surface area contributed by atoms with Crippen molar-refractivity contribution in [2.24, 2.45) is 12.0 Å². The van der Waals surface area contributed by atoms with Gasteiger partial charge in [0.05, 0.1) is 15.1 Å². The van der Waals surface area contributed by atoms with Gasteiger partial charge in [-0.25, -0.2) is 12.8 Å². The van der Waals surface area contributed by atoms with Gasteiger partial charge in [-0.3, -0.25) is 4.79 Å². The number of para-hydroxylation sites is 1. The second-order valence-electron chi connectivity index (χ2n) is 5.58. The van der Waals surface area contributed by atoms with Gasteiger partial charge in [0.25, 0.3) is 5.91 Å². The molecule has 0 atom stereocenters. The minimum Gasteiger partial charge on any atom is -0.319 e. The number of sulfone groups is 1. The molecule has 0 N–H and O–H groups in total.